The molecular weight excluding hydrogens is 260 g/mol. The Bertz CT molecular complexity index is 636. The van der Waals surface area contributed by atoms with Gasteiger partial charge in [0.25, 0.3) is 5.69 Å². The monoisotopic (exact) mass is 266 g/mol. The van der Waals surface area contributed by atoms with Crippen molar-refractivity contribution >= 4 is 23.1 Å². The van der Waals surface area contributed by atoms with Gasteiger partial charge < -0.3 is 4.52 Å². The number of aryl methyl sites for hydroxylation is 1. The van der Waals surface area contributed by atoms with Crippen LogP contribution in [0.3, 0.4) is 0 Å². The number of carbonyl (C=O) groups is 1. The number of nitro benzene ring substituents is 1. The van der Waals surface area contributed by atoms with Crippen LogP contribution >= 0.6 is 11.6 Å². The van der Waals surface area contributed by atoms with Crippen molar-refractivity contribution in [3.63, 3.8) is 0 Å². The van der Waals surface area contributed by atoms with E-state index in [-0.39, 0.29) is 21.8 Å². The fourth-order valence-corrected chi connectivity index (χ4v) is 1.68. The van der Waals surface area contributed by atoms with Gasteiger partial charge in [0.15, 0.2) is 0 Å². The Morgan fingerprint density at radius 2 is 2.17 bits per heavy atom. The zero-order valence-corrected chi connectivity index (χ0v) is 9.97. The van der Waals surface area contributed by atoms with Crippen molar-refractivity contribution in [3.05, 3.63) is 56.4 Å². The molecule has 7 heteroatoms. The first-order chi connectivity index (χ1) is 8.50. The normalized spacial score (nSPS) is 10.3. The lowest BCUT2D eigenvalue weighted by Gasteiger charge is -2.01. The highest BCUT2D eigenvalue weighted by Gasteiger charge is 2.24. The van der Waals surface area contributed by atoms with Gasteiger partial charge in [-0.2, -0.15) is 0 Å². The van der Waals surface area contributed by atoms with Crippen LogP contribution in [0.2, 0.25) is 5.02 Å². The van der Waals surface area contributed by atoms with E-state index in [2.05, 4.69) is 5.16 Å². The molecule has 0 amide bonds. The minimum Gasteiger partial charge on any atom is -0.361 e. The largest absolute Gasteiger partial charge is 0.361 e. The molecule has 2 aromatic rings. The van der Waals surface area contributed by atoms with E-state index < -0.39 is 10.7 Å². The lowest BCUT2D eigenvalue weighted by molar-refractivity contribution is -0.385. The third kappa shape index (κ3) is 2.10. The summed E-state index contributed by atoms with van der Waals surface area (Å²) in [6.45, 7) is 1.56. The number of hydrogen-bond acceptors (Lipinski definition) is 5. The van der Waals surface area contributed by atoms with E-state index in [1.807, 2.05) is 0 Å². The topological polar surface area (TPSA) is 86.2 Å². The van der Waals surface area contributed by atoms with Gasteiger partial charge in [-0.05, 0) is 19.1 Å². The molecule has 0 atom stereocenters. The van der Waals surface area contributed by atoms with Gasteiger partial charge in [-0.15, -0.1) is 0 Å². The molecule has 0 aliphatic rings. The third-order valence-electron chi connectivity index (χ3n) is 2.40. The first-order valence-corrected chi connectivity index (χ1v) is 5.28. The molecule has 0 saturated heterocycles. The minimum absolute atomic E-state index is 0.0456. The van der Waals surface area contributed by atoms with Crippen molar-refractivity contribution in [2.24, 2.45) is 0 Å². The number of ketones is 1. The van der Waals surface area contributed by atoms with Gasteiger partial charge >= 0.3 is 0 Å². The van der Waals surface area contributed by atoms with Gasteiger partial charge in [0.1, 0.15) is 11.3 Å². The van der Waals surface area contributed by atoms with Crippen LogP contribution in [0.5, 0.6) is 0 Å². The van der Waals surface area contributed by atoms with Gasteiger partial charge in [0.05, 0.1) is 16.7 Å². The zero-order valence-electron chi connectivity index (χ0n) is 9.21. The zero-order chi connectivity index (χ0) is 13.3. The number of halogens is 1. The summed E-state index contributed by atoms with van der Waals surface area (Å²) in [5.41, 5.74) is -0.191. The predicted octanol–water partition coefficient (Wildman–Crippen LogP) is 2.78. The summed E-state index contributed by atoms with van der Waals surface area (Å²) < 4.78 is 4.76. The molecule has 18 heavy (non-hydrogen) atoms. The highest BCUT2D eigenvalue weighted by atomic mass is 35.5. The Balaban J connectivity index is 2.55. The average Bonchev–Trinajstić information content (AvgIpc) is 2.74. The van der Waals surface area contributed by atoms with Crippen LogP contribution in [0.1, 0.15) is 21.7 Å². The quantitative estimate of drug-likeness (QED) is 0.484. The molecule has 0 spiro atoms. The van der Waals surface area contributed by atoms with Crippen LogP contribution < -0.4 is 0 Å². The second-order valence-electron chi connectivity index (χ2n) is 3.54. The molecule has 0 aliphatic carbocycles. The number of aromatic nitrogens is 1. The Morgan fingerprint density at radius 3 is 2.72 bits per heavy atom. The highest BCUT2D eigenvalue weighted by molar-refractivity contribution is 6.31. The molecule has 0 N–H and O–H groups in total. The van der Waals surface area contributed by atoms with Crippen LogP contribution in [0, 0.1) is 17.0 Å². The van der Waals surface area contributed by atoms with Crippen molar-refractivity contribution in [1.82, 2.24) is 5.16 Å². The molecule has 0 radical (unpaired) electrons. The molecule has 1 aromatic heterocycles. The molecule has 0 saturated carbocycles. The van der Waals surface area contributed by atoms with Gasteiger partial charge in [0, 0.05) is 11.1 Å². The Kier molecular flexibility index (Phi) is 3.12. The van der Waals surface area contributed by atoms with Gasteiger partial charge in [0.2, 0.25) is 5.78 Å². The van der Waals surface area contributed by atoms with Crippen molar-refractivity contribution in [2.45, 2.75) is 6.92 Å². The van der Waals surface area contributed by atoms with E-state index in [1.165, 1.54) is 18.3 Å². The molecule has 2 rings (SSSR count). The first-order valence-electron chi connectivity index (χ1n) is 4.90. The molecule has 0 bridgehead atoms. The number of nitro groups is 1. The fourth-order valence-electron chi connectivity index (χ4n) is 1.51. The maximum atomic E-state index is 12.1. The highest BCUT2D eigenvalue weighted by Crippen LogP contribution is 2.26. The summed E-state index contributed by atoms with van der Waals surface area (Å²) in [5.74, 6) is -0.207. The lowest BCUT2D eigenvalue weighted by Crippen LogP contribution is -2.05. The molecule has 0 unspecified atom stereocenters. The van der Waals surface area contributed by atoms with E-state index >= 15 is 0 Å². The van der Waals surface area contributed by atoms with Crippen LogP contribution in [-0.4, -0.2) is 15.9 Å². The second-order valence-corrected chi connectivity index (χ2v) is 3.98. The number of carbonyl (C=O) groups excluding carboxylic acids is 1. The maximum absolute atomic E-state index is 12.1. The molecule has 0 aliphatic heterocycles. The number of benzene rings is 1. The Labute approximate surface area is 106 Å². The molecule has 1 heterocycles. The van der Waals surface area contributed by atoms with E-state index in [4.69, 9.17) is 16.1 Å². The average molecular weight is 267 g/mol. The summed E-state index contributed by atoms with van der Waals surface area (Å²) in [4.78, 5) is 22.4. The van der Waals surface area contributed by atoms with Gasteiger partial charge in [-0.3, -0.25) is 14.9 Å². The summed E-state index contributed by atoms with van der Waals surface area (Å²) in [6, 6.07) is 3.87. The van der Waals surface area contributed by atoms with Crippen LogP contribution in [0.25, 0.3) is 0 Å². The standard InChI is InChI=1S/C11H7ClN2O4/c1-6-9(5-13-18-6)11(15)8-3-2-7(12)4-10(8)14(16)17/h2-5H,1H3. The predicted molar refractivity (Wildman–Crippen MR) is 62.8 cm³/mol. The number of nitrogens with zero attached hydrogens (tertiary/aromatic N) is 2. The van der Waals surface area contributed by atoms with Gasteiger partial charge in [-0.1, -0.05) is 16.8 Å². The summed E-state index contributed by atoms with van der Waals surface area (Å²) in [7, 11) is 0. The molecule has 92 valence electrons. The van der Waals surface area contributed by atoms with Gasteiger partial charge in [-0.25, -0.2) is 0 Å². The van der Waals surface area contributed by atoms with Crippen LogP contribution in [0.4, 0.5) is 5.69 Å². The molecule has 1 aromatic carbocycles. The van der Waals surface area contributed by atoms with Crippen LogP contribution in [-0.2, 0) is 0 Å². The van der Waals surface area contributed by atoms with Crippen molar-refractivity contribution in [2.75, 3.05) is 0 Å². The number of hydrogen-bond donors (Lipinski definition) is 0. The first kappa shape index (κ1) is 12.3. The molecular formula is C11H7ClN2O4. The number of rotatable bonds is 3. The molecule has 6 nitrogen and oxygen atoms in total. The van der Waals surface area contributed by atoms with E-state index in [1.54, 1.807) is 6.92 Å². The Hall–Kier alpha value is -2.21. The minimum atomic E-state index is -0.651. The summed E-state index contributed by atoms with van der Waals surface area (Å²) in [5, 5.41) is 14.6. The van der Waals surface area contributed by atoms with E-state index in [0.717, 1.165) is 6.07 Å². The summed E-state index contributed by atoms with van der Waals surface area (Å²) >= 11 is 5.68. The van der Waals surface area contributed by atoms with E-state index in [0.29, 0.717) is 5.76 Å². The lowest BCUT2D eigenvalue weighted by atomic mass is 10.0. The van der Waals surface area contributed by atoms with Crippen molar-refractivity contribution in [1.29, 1.82) is 0 Å². The molecule has 0 fully saturated rings. The van der Waals surface area contributed by atoms with Crippen molar-refractivity contribution < 1.29 is 14.2 Å². The van der Waals surface area contributed by atoms with Crippen molar-refractivity contribution in [3.8, 4) is 0 Å². The SMILES string of the molecule is Cc1oncc1C(=O)c1ccc(Cl)cc1[N+](=O)[O-]. The summed E-state index contributed by atoms with van der Waals surface area (Å²) in [6.07, 6.45) is 1.23. The van der Waals surface area contributed by atoms with E-state index in [9.17, 15) is 14.9 Å². The maximum Gasteiger partial charge on any atom is 0.282 e. The fraction of sp³-hybridized carbons (Fsp3) is 0.0909. The Morgan fingerprint density at radius 1 is 1.44 bits per heavy atom. The second kappa shape index (κ2) is 4.58. The smallest absolute Gasteiger partial charge is 0.282 e. The third-order valence-corrected chi connectivity index (χ3v) is 2.63. The van der Waals surface area contributed by atoms with Crippen LogP contribution in [0.15, 0.2) is 28.9 Å².